The Kier molecular flexibility index (Phi) is 4.15. The van der Waals surface area contributed by atoms with Crippen LogP contribution in [0, 0.1) is 11.8 Å². The van der Waals surface area contributed by atoms with E-state index in [-0.39, 0.29) is 0 Å². The van der Waals surface area contributed by atoms with Crippen LogP contribution in [0.15, 0.2) is 36.4 Å². The van der Waals surface area contributed by atoms with Gasteiger partial charge in [0.25, 0.3) is 0 Å². The summed E-state index contributed by atoms with van der Waals surface area (Å²) in [5.74, 6) is 2.69. The second kappa shape index (κ2) is 5.38. The third-order valence-electron chi connectivity index (χ3n) is 1.63. The van der Waals surface area contributed by atoms with Gasteiger partial charge in [0.1, 0.15) is 6.10 Å². The number of rotatable bonds is 2. The Morgan fingerprint density at radius 3 is 2.38 bits per heavy atom. The van der Waals surface area contributed by atoms with Crippen LogP contribution in [0.1, 0.15) is 5.56 Å². The number of hydrogen-bond acceptors (Lipinski definition) is 1. The third-order valence-corrected chi connectivity index (χ3v) is 1.63. The summed E-state index contributed by atoms with van der Waals surface area (Å²) in [5.41, 5.74) is 0.787. The van der Waals surface area contributed by atoms with E-state index < -0.39 is 12.3 Å². The number of halogens is 3. The zero-order valence-corrected chi connectivity index (χ0v) is 8.20. The number of benzene rings is 1. The fourth-order valence-corrected chi connectivity index (χ4v) is 0.970. The lowest BCUT2D eigenvalue weighted by Crippen LogP contribution is -2.05. The van der Waals surface area contributed by atoms with Gasteiger partial charge in [-0.2, -0.15) is 13.2 Å². The molecule has 0 heterocycles. The second-order valence-electron chi connectivity index (χ2n) is 2.98. The van der Waals surface area contributed by atoms with Gasteiger partial charge in [-0.25, -0.2) is 0 Å². The molecule has 4 heteroatoms. The van der Waals surface area contributed by atoms with Crippen LogP contribution in [0.25, 0.3) is 6.08 Å². The van der Waals surface area contributed by atoms with Crippen LogP contribution < -0.4 is 0 Å². The van der Waals surface area contributed by atoms with E-state index >= 15 is 0 Å². The third kappa shape index (κ3) is 5.23. The first-order chi connectivity index (χ1) is 7.47. The molecule has 1 aromatic rings. The largest absolute Gasteiger partial charge is 0.457 e. The summed E-state index contributed by atoms with van der Waals surface area (Å²) < 4.78 is 35.0. The summed E-state index contributed by atoms with van der Waals surface area (Å²) in [6.45, 7) is 0. The van der Waals surface area contributed by atoms with Gasteiger partial charge in [-0.15, -0.1) is 0 Å². The maximum atomic E-state index is 11.7. The lowest BCUT2D eigenvalue weighted by molar-refractivity contribution is -0.0699. The molecule has 0 fully saturated rings. The van der Waals surface area contributed by atoms with Gasteiger partial charge in [-0.3, -0.25) is 0 Å². The van der Waals surface area contributed by atoms with Crippen LogP contribution >= 0.6 is 0 Å². The van der Waals surface area contributed by atoms with E-state index in [4.69, 9.17) is 5.11 Å². The molecule has 0 aliphatic carbocycles. The van der Waals surface area contributed by atoms with Gasteiger partial charge in [0.15, 0.2) is 0 Å². The quantitative estimate of drug-likeness (QED) is 0.768. The lowest BCUT2D eigenvalue weighted by atomic mass is 10.2. The van der Waals surface area contributed by atoms with Crippen molar-refractivity contribution in [3.8, 4) is 11.8 Å². The van der Waals surface area contributed by atoms with Gasteiger partial charge in [0.2, 0.25) is 0 Å². The van der Waals surface area contributed by atoms with Crippen molar-refractivity contribution < 1.29 is 18.3 Å². The first-order valence-electron chi connectivity index (χ1n) is 4.48. The molecule has 1 aromatic carbocycles. The molecule has 1 atom stereocenters. The number of aliphatic hydroxyl groups is 1. The van der Waals surface area contributed by atoms with Crippen molar-refractivity contribution in [1.82, 2.24) is 0 Å². The number of hydrogen-bond donors (Lipinski definition) is 1. The number of alkyl halides is 3. The van der Waals surface area contributed by atoms with E-state index in [0.29, 0.717) is 0 Å². The van der Waals surface area contributed by atoms with Crippen LogP contribution in [0.5, 0.6) is 0 Å². The van der Waals surface area contributed by atoms with Crippen molar-refractivity contribution in [2.45, 2.75) is 12.3 Å². The molecule has 0 bridgehead atoms. The van der Waals surface area contributed by atoms with Gasteiger partial charge in [0.05, 0.1) is 0 Å². The average molecular weight is 226 g/mol. The fraction of sp³-hybridized carbons (Fsp3) is 0.167. The molecule has 0 spiro atoms. The summed E-state index contributed by atoms with van der Waals surface area (Å²) in [5, 5.41) is 9.11. The summed E-state index contributed by atoms with van der Waals surface area (Å²) in [6, 6.07) is 8.92. The van der Waals surface area contributed by atoms with Gasteiger partial charge in [0, 0.05) is 5.92 Å². The standard InChI is InChI=1S/C12H9F3O/c13-12(14,15)9-8-11(16)7-6-10-4-2-1-3-5-10/h1-7,11,16H/b7-6+. The van der Waals surface area contributed by atoms with Crippen molar-refractivity contribution >= 4 is 6.08 Å². The van der Waals surface area contributed by atoms with Crippen molar-refractivity contribution in [1.29, 1.82) is 0 Å². The van der Waals surface area contributed by atoms with Crippen molar-refractivity contribution in [3.05, 3.63) is 42.0 Å². The highest BCUT2D eigenvalue weighted by atomic mass is 19.4. The first kappa shape index (κ1) is 12.3. The monoisotopic (exact) mass is 226 g/mol. The van der Waals surface area contributed by atoms with Crippen LogP contribution in [-0.2, 0) is 0 Å². The molecular formula is C12H9F3O. The fourth-order valence-electron chi connectivity index (χ4n) is 0.970. The van der Waals surface area contributed by atoms with Crippen LogP contribution in [-0.4, -0.2) is 17.4 Å². The molecule has 1 N–H and O–H groups in total. The molecule has 0 saturated heterocycles. The maximum Gasteiger partial charge on any atom is 0.457 e. The summed E-state index contributed by atoms with van der Waals surface area (Å²) in [6.07, 6.45) is -3.27. The highest BCUT2D eigenvalue weighted by Gasteiger charge is 2.23. The van der Waals surface area contributed by atoms with Crippen molar-refractivity contribution in [2.75, 3.05) is 0 Å². The zero-order chi connectivity index (χ0) is 12.0. The molecule has 16 heavy (non-hydrogen) atoms. The SMILES string of the molecule is OC(C#CC(F)(F)F)/C=C/c1ccccc1. The molecule has 0 aliphatic heterocycles. The van der Waals surface area contributed by atoms with E-state index in [0.717, 1.165) is 11.5 Å². The molecule has 0 aromatic heterocycles. The highest BCUT2D eigenvalue weighted by molar-refractivity contribution is 5.50. The predicted molar refractivity (Wildman–Crippen MR) is 55.3 cm³/mol. The smallest absolute Gasteiger partial charge is 0.377 e. The molecule has 1 unspecified atom stereocenters. The molecular weight excluding hydrogens is 217 g/mol. The molecule has 84 valence electrons. The Hall–Kier alpha value is -1.73. The maximum absolute atomic E-state index is 11.7. The van der Waals surface area contributed by atoms with E-state index in [1.165, 1.54) is 12.2 Å². The Balaban J connectivity index is 2.61. The molecule has 1 nitrogen and oxygen atoms in total. The van der Waals surface area contributed by atoms with Crippen molar-refractivity contribution in [3.63, 3.8) is 0 Å². The van der Waals surface area contributed by atoms with Crippen LogP contribution in [0.4, 0.5) is 13.2 Å². The zero-order valence-electron chi connectivity index (χ0n) is 8.20. The van der Waals surface area contributed by atoms with Crippen molar-refractivity contribution in [2.24, 2.45) is 0 Å². The van der Waals surface area contributed by atoms with Crippen LogP contribution in [0.3, 0.4) is 0 Å². The molecule has 0 amide bonds. The Morgan fingerprint density at radius 2 is 1.81 bits per heavy atom. The Morgan fingerprint density at radius 1 is 1.19 bits per heavy atom. The Labute approximate surface area is 91.2 Å². The normalized spacial score (nSPS) is 13.2. The van der Waals surface area contributed by atoms with Crippen LogP contribution in [0.2, 0.25) is 0 Å². The molecule has 1 rings (SSSR count). The second-order valence-corrected chi connectivity index (χ2v) is 2.98. The average Bonchev–Trinajstić information content (AvgIpc) is 2.24. The predicted octanol–water partition coefficient (Wildman–Crippen LogP) is 2.63. The highest BCUT2D eigenvalue weighted by Crippen LogP contribution is 2.12. The molecule has 0 saturated carbocycles. The molecule has 0 radical (unpaired) electrons. The summed E-state index contributed by atoms with van der Waals surface area (Å²) >= 11 is 0. The van der Waals surface area contributed by atoms with E-state index in [9.17, 15) is 13.2 Å². The first-order valence-corrected chi connectivity index (χ1v) is 4.48. The molecule has 0 aliphatic rings. The minimum absolute atomic E-state index is 0.787. The minimum Gasteiger partial charge on any atom is -0.377 e. The summed E-state index contributed by atoms with van der Waals surface area (Å²) in [4.78, 5) is 0. The summed E-state index contributed by atoms with van der Waals surface area (Å²) in [7, 11) is 0. The van der Waals surface area contributed by atoms with Gasteiger partial charge in [-0.05, 0) is 11.6 Å². The van der Waals surface area contributed by atoms with Gasteiger partial charge >= 0.3 is 6.18 Å². The van der Waals surface area contributed by atoms with Gasteiger partial charge in [-0.1, -0.05) is 42.3 Å². The number of aliphatic hydroxyl groups excluding tert-OH is 1. The lowest BCUT2D eigenvalue weighted by Gasteiger charge is -1.96. The van der Waals surface area contributed by atoms with E-state index in [2.05, 4.69) is 0 Å². The minimum atomic E-state index is -4.57. The van der Waals surface area contributed by atoms with E-state index in [1.54, 1.807) is 30.2 Å². The van der Waals surface area contributed by atoms with E-state index in [1.807, 2.05) is 6.07 Å². The van der Waals surface area contributed by atoms with Gasteiger partial charge < -0.3 is 5.11 Å². The Bertz CT molecular complexity index is 409. The topological polar surface area (TPSA) is 20.2 Å².